The first-order valence-corrected chi connectivity index (χ1v) is 11.6. The lowest BCUT2D eigenvalue weighted by molar-refractivity contribution is 0.361. The number of hydrogen-bond acceptors (Lipinski definition) is 3. The largest absolute Gasteiger partial charge is 0.508 e. The molecule has 5 nitrogen and oxygen atoms in total. The Kier molecular flexibility index (Phi) is 6.12. The molecule has 2 aromatic carbocycles. The molecule has 5 heteroatoms. The average molecular weight is 444 g/mol. The van der Waals surface area contributed by atoms with Crippen LogP contribution < -0.4 is 4.74 Å². The van der Waals surface area contributed by atoms with Gasteiger partial charge in [0.05, 0.1) is 0 Å². The molecule has 1 N–H and O–H groups in total. The third-order valence-electron chi connectivity index (χ3n) is 6.83. The van der Waals surface area contributed by atoms with Crippen molar-refractivity contribution in [3.05, 3.63) is 58.9 Å². The third kappa shape index (κ3) is 4.18. The van der Waals surface area contributed by atoms with E-state index in [1.54, 1.807) is 0 Å². The summed E-state index contributed by atoms with van der Waals surface area (Å²) in [5.41, 5.74) is 6.87. The van der Waals surface area contributed by atoms with Gasteiger partial charge in [0.25, 0.3) is 0 Å². The van der Waals surface area contributed by atoms with Crippen LogP contribution in [-0.4, -0.2) is 20.8 Å². The van der Waals surface area contributed by atoms with Gasteiger partial charge in [-0.3, -0.25) is 0 Å². The van der Waals surface area contributed by atoms with Gasteiger partial charge in [0.2, 0.25) is 0 Å². The SMILES string of the molecule is Cc1cn(C)c2cc(C(C)CCc3cn(C)c4cc(C(C)C)c(O)cc34)c(OCC#N)cc12. The molecule has 2 heterocycles. The van der Waals surface area contributed by atoms with Crippen molar-refractivity contribution in [1.29, 1.82) is 5.26 Å². The van der Waals surface area contributed by atoms with E-state index < -0.39 is 0 Å². The van der Waals surface area contributed by atoms with E-state index in [0.29, 0.717) is 5.75 Å². The predicted octanol–water partition coefficient (Wildman–Crippen LogP) is 6.45. The second-order valence-electron chi connectivity index (χ2n) is 9.56. The Hall–Kier alpha value is -3.39. The highest BCUT2D eigenvalue weighted by molar-refractivity contribution is 5.87. The van der Waals surface area contributed by atoms with E-state index in [-0.39, 0.29) is 18.4 Å². The number of hydrogen-bond donors (Lipinski definition) is 1. The Balaban J connectivity index is 1.66. The highest BCUT2D eigenvalue weighted by atomic mass is 16.5. The van der Waals surface area contributed by atoms with Crippen molar-refractivity contribution >= 4 is 21.8 Å². The van der Waals surface area contributed by atoms with Crippen LogP contribution in [-0.2, 0) is 20.5 Å². The van der Waals surface area contributed by atoms with Gasteiger partial charge in [-0.15, -0.1) is 0 Å². The van der Waals surface area contributed by atoms with Crippen LogP contribution in [0.1, 0.15) is 61.3 Å². The summed E-state index contributed by atoms with van der Waals surface area (Å²) in [5, 5.41) is 21.9. The predicted molar refractivity (Wildman–Crippen MR) is 134 cm³/mol. The molecule has 0 spiro atoms. The molecule has 4 rings (SSSR count). The van der Waals surface area contributed by atoms with Crippen LogP contribution in [0.15, 0.2) is 36.7 Å². The summed E-state index contributed by atoms with van der Waals surface area (Å²) in [6, 6.07) is 10.4. The maximum absolute atomic E-state index is 10.6. The molecule has 0 saturated heterocycles. The first-order chi connectivity index (χ1) is 15.7. The molecule has 0 saturated carbocycles. The van der Waals surface area contributed by atoms with Gasteiger partial charge in [0, 0.05) is 48.3 Å². The summed E-state index contributed by atoms with van der Waals surface area (Å²) in [6.07, 6.45) is 6.13. The molecule has 0 amide bonds. The molecule has 0 fully saturated rings. The van der Waals surface area contributed by atoms with E-state index in [1.165, 1.54) is 16.6 Å². The van der Waals surface area contributed by atoms with Crippen molar-refractivity contribution in [2.24, 2.45) is 14.1 Å². The molecule has 33 heavy (non-hydrogen) atoms. The zero-order valence-corrected chi connectivity index (χ0v) is 20.4. The Labute approximate surface area is 195 Å². The van der Waals surface area contributed by atoms with Gasteiger partial charge < -0.3 is 19.0 Å². The first kappa shape index (κ1) is 22.8. The van der Waals surface area contributed by atoms with E-state index in [1.807, 2.05) is 6.07 Å². The number of rotatable bonds is 7. The quantitative estimate of drug-likeness (QED) is 0.357. The molecule has 2 aromatic heterocycles. The van der Waals surface area contributed by atoms with Crippen LogP contribution in [0.5, 0.6) is 11.5 Å². The minimum absolute atomic E-state index is 0.0396. The van der Waals surface area contributed by atoms with E-state index in [9.17, 15) is 5.11 Å². The zero-order chi connectivity index (χ0) is 23.9. The highest BCUT2D eigenvalue weighted by Gasteiger charge is 2.18. The molecular weight excluding hydrogens is 410 g/mol. The fourth-order valence-electron chi connectivity index (χ4n) is 4.95. The highest BCUT2D eigenvalue weighted by Crippen LogP contribution is 2.37. The standard InChI is InChI=1S/C28H33N3O2/c1-17(2)21-11-26-24(13-27(21)32)20(16-31(26)6)8-7-18(3)23-12-25-22(19(4)15-30(25)5)14-28(23)33-10-9-29/h11-18,32H,7-8,10H2,1-6H3. The van der Waals surface area contributed by atoms with E-state index in [2.05, 4.69) is 87.6 Å². The number of aromatic hydroxyl groups is 1. The van der Waals surface area contributed by atoms with Crippen LogP contribution in [0.25, 0.3) is 21.8 Å². The number of aryl methyl sites for hydroxylation is 4. The average Bonchev–Trinajstić information content (AvgIpc) is 3.23. The maximum Gasteiger partial charge on any atom is 0.174 e. The topological polar surface area (TPSA) is 63.1 Å². The fourth-order valence-corrected chi connectivity index (χ4v) is 4.95. The van der Waals surface area contributed by atoms with Crippen LogP contribution >= 0.6 is 0 Å². The zero-order valence-electron chi connectivity index (χ0n) is 20.4. The van der Waals surface area contributed by atoms with Gasteiger partial charge in [0.1, 0.15) is 17.6 Å². The van der Waals surface area contributed by atoms with Gasteiger partial charge in [-0.1, -0.05) is 20.8 Å². The summed E-state index contributed by atoms with van der Waals surface area (Å²) in [6.45, 7) is 8.56. The molecule has 0 aliphatic carbocycles. The fraction of sp³-hybridized carbons (Fsp3) is 0.393. The summed E-state index contributed by atoms with van der Waals surface area (Å²) in [4.78, 5) is 0. The normalized spacial score (nSPS) is 12.5. The number of aromatic nitrogens is 2. The number of phenolic OH excluding ortho intramolecular Hbond substituents is 1. The molecule has 0 aliphatic heterocycles. The van der Waals surface area contributed by atoms with Crippen LogP contribution in [0.2, 0.25) is 0 Å². The van der Waals surface area contributed by atoms with E-state index in [4.69, 9.17) is 10.00 Å². The smallest absolute Gasteiger partial charge is 0.174 e. The number of phenols is 1. The molecular formula is C28H33N3O2. The van der Waals surface area contributed by atoms with Gasteiger partial charge >= 0.3 is 0 Å². The molecule has 4 aromatic rings. The maximum atomic E-state index is 10.6. The van der Waals surface area contributed by atoms with Crippen molar-refractivity contribution in [2.45, 2.75) is 52.4 Å². The lowest BCUT2D eigenvalue weighted by Gasteiger charge is -2.17. The van der Waals surface area contributed by atoms with Crippen molar-refractivity contribution in [1.82, 2.24) is 9.13 Å². The number of fused-ring (bicyclic) bond motifs is 2. The van der Waals surface area contributed by atoms with Crippen molar-refractivity contribution in [2.75, 3.05) is 6.61 Å². The second kappa shape index (κ2) is 8.86. The summed E-state index contributed by atoms with van der Waals surface area (Å²) in [7, 11) is 4.13. The monoisotopic (exact) mass is 443 g/mol. The minimum Gasteiger partial charge on any atom is -0.508 e. The lowest BCUT2D eigenvalue weighted by atomic mass is 9.92. The number of ether oxygens (including phenoxy) is 1. The molecule has 0 aliphatic rings. The number of nitrogens with zero attached hydrogens (tertiary/aromatic N) is 3. The minimum atomic E-state index is 0.0396. The van der Waals surface area contributed by atoms with Crippen molar-refractivity contribution < 1.29 is 9.84 Å². The summed E-state index contributed by atoms with van der Waals surface area (Å²) >= 11 is 0. The van der Waals surface area contributed by atoms with Gasteiger partial charge in [-0.05, 0) is 78.1 Å². The Morgan fingerprint density at radius 3 is 2.33 bits per heavy atom. The molecule has 1 unspecified atom stereocenters. The Bertz CT molecular complexity index is 1370. The van der Waals surface area contributed by atoms with Crippen LogP contribution in [0, 0.1) is 18.3 Å². The lowest BCUT2D eigenvalue weighted by Crippen LogP contribution is -2.03. The Morgan fingerprint density at radius 1 is 0.970 bits per heavy atom. The van der Waals surface area contributed by atoms with Crippen molar-refractivity contribution in [3.8, 4) is 17.6 Å². The number of nitriles is 1. The van der Waals surface area contributed by atoms with Gasteiger partial charge in [-0.25, -0.2) is 0 Å². The van der Waals surface area contributed by atoms with E-state index in [0.717, 1.165) is 46.0 Å². The number of benzene rings is 2. The summed E-state index contributed by atoms with van der Waals surface area (Å²) < 4.78 is 10.2. The third-order valence-corrected chi connectivity index (χ3v) is 6.83. The Morgan fingerprint density at radius 2 is 1.64 bits per heavy atom. The van der Waals surface area contributed by atoms with E-state index >= 15 is 0 Å². The second-order valence-corrected chi connectivity index (χ2v) is 9.56. The molecule has 172 valence electrons. The molecule has 0 bridgehead atoms. The summed E-state index contributed by atoms with van der Waals surface area (Å²) in [5.74, 6) is 1.69. The molecule has 0 radical (unpaired) electrons. The first-order valence-electron chi connectivity index (χ1n) is 11.6. The van der Waals surface area contributed by atoms with Gasteiger partial charge in [0.15, 0.2) is 6.61 Å². The van der Waals surface area contributed by atoms with Crippen LogP contribution in [0.4, 0.5) is 0 Å². The van der Waals surface area contributed by atoms with Crippen molar-refractivity contribution in [3.63, 3.8) is 0 Å². The van der Waals surface area contributed by atoms with Crippen LogP contribution in [0.3, 0.4) is 0 Å². The molecule has 1 atom stereocenters. The van der Waals surface area contributed by atoms with Gasteiger partial charge in [-0.2, -0.15) is 5.26 Å².